The number of halogens is 1. The van der Waals surface area contributed by atoms with Gasteiger partial charge in [-0.25, -0.2) is 9.37 Å². The Kier molecular flexibility index (Phi) is 2.55. The molecular weight excluding hydrogens is 213 g/mol. The van der Waals surface area contributed by atoms with Crippen LogP contribution in [0, 0.1) is 5.82 Å². The van der Waals surface area contributed by atoms with Crippen molar-refractivity contribution in [1.29, 1.82) is 0 Å². The fourth-order valence-electron chi connectivity index (χ4n) is 1.21. The van der Waals surface area contributed by atoms with Gasteiger partial charge in [0, 0.05) is 12.7 Å². The van der Waals surface area contributed by atoms with Gasteiger partial charge in [-0.15, -0.1) is 0 Å². The molecular formula is C10H10FN3S. The van der Waals surface area contributed by atoms with Crippen LogP contribution in [-0.2, 0) is 0 Å². The summed E-state index contributed by atoms with van der Waals surface area (Å²) in [4.78, 5) is 6.00. The van der Waals surface area contributed by atoms with Crippen LogP contribution in [0.5, 0.6) is 0 Å². The molecule has 0 radical (unpaired) electrons. The Bertz CT molecular complexity index is 452. The summed E-state index contributed by atoms with van der Waals surface area (Å²) < 4.78 is 12.7. The Labute approximate surface area is 91.0 Å². The van der Waals surface area contributed by atoms with Crippen LogP contribution < -0.4 is 10.6 Å². The highest BCUT2D eigenvalue weighted by molar-refractivity contribution is 7.19. The number of hydrogen-bond acceptors (Lipinski definition) is 4. The lowest BCUT2D eigenvalue weighted by Crippen LogP contribution is -2.08. The van der Waals surface area contributed by atoms with Crippen LogP contribution in [-0.4, -0.2) is 12.0 Å². The standard InChI is InChI=1S/C10H10FN3S/c1-14(10-13-6-9(12)15-10)8-4-2-7(11)3-5-8/h2-6H,12H2,1H3. The maximum atomic E-state index is 12.7. The van der Waals surface area contributed by atoms with Crippen LogP contribution in [0.2, 0.25) is 0 Å². The molecule has 0 amide bonds. The number of thiazole rings is 1. The molecule has 2 rings (SSSR count). The molecule has 1 aromatic heterocycles. The average molecular weight is 223 g/mol. The van der Waals surface area contributed by atoms with E-state index in [1.807, 2.05) is 11.9 Å². The second-order valence-corrected chi connectivity index (χ2v) is 4.12. The van der Waals surface area contributed by atoms with Crippen molar-refractivity contribution in [2.45, 2.75) is 0 Å². The van der Waals surface area contributed by atoms with Crippen LogP contribution in [0.3, 0.4) is 0 Å². The molecule has 0 bridgehead atoms. The minimum atomic E-state index is -0.245. The van der Waals surface area contributed by atoms with E-state index in [0.717, 1.165) is 10.8 Å². The quantitative estimate of drug-likeness (QED) is 0.851. The normalized spacial score (nSPS) is 10.3. The van der Waals surface area contributed by atoms with E-state index in [9.17, 15) is 4.39 Å². The first-order chi connectivity index (χ1) is 7.16. The first-order valence-electron chi connectivity index (χ1n) is 4.37. The number of nitrogens with two attached hydrogens (primary N) is 1. The van der Waals surface area contributed by atoms with Crippen molar-refractivity contribution >= 4 is 27.2 Å². The summed E-state index contributed by atoms with van der Waals surface area (Å²) in [7, 11) is 1.87. The molecule has 3 nitrogen and oxygen atoms in total. The third kappa shape index (κ3) is 2.07. The van der Waals surface area contributed by atoms with Crippen LogP contribution >= 0.6 is 11.3 Å². The number of anilines is 3. The lowest BCUT2D eigenvalue weighted by molar-refractivity contribution is 0.628. The molecule has 0 spiro atoms. The van der Waals surface area contributed by atoms with Gasteiger partial charge >= 0.3 is 0 Å². The highest BCUT2D eigenvalue weighted by Crippen LogP contribution is 2.28. The second kappa shape index (κ2) is 3.86. The van der Waals surface area contributed by atoms with Gasteiger partial charge in [-0.3, -0.25) is 0 Å². The first-order valence-corrected chi connectivity index (χ1v) is 5.19. The van der Waals surface area contributed by atoms with Crippen molar-refractivity contribution in [2.75, 3.05) is 17.7 Å². The molecule has 0 atom stereocenters. The minimum Gasteiger partial charge on any atom is -0.389 e. The summed E-state index contributed by atoms with van der Waals surface area (Å²) in [5.74, 6) is -0.245. The van der Waals surface area contributed by atoms with E-state index in [0.29, 0.717) is 5.00 Å². The van der Waals surface area contributed by atoms with E-state index in [4.69, 9.17) is 5.73 Å². The molecule has 1 aromatic carbocycles. The van der Waals surface area contributed by atoms with E-state index in [1.54, 1.807) is 18.3 Å². The molecule has 78 valence electrons. The Hall–Kier alpha value is -1.62. The number of aromatic nitrogens is 1. The molecule has 0 unspecified atom stereocenters. The van der Waals surface area contributed by atoms with Gasteiger partial charge in [0.15, 0.2) is 5.13 Å². The van der Waals surface area contributed by atoms with Crippen LogP contribution in [0.1, 0.15) is 0 Å². The monoisotopic (exact) mass is 223 g/mol. The third-order valence-electron chi connectivity index (χ3n) is 2.01. The topological polar surface area (TPSA) is 42.2 Å². The van der Waals surface area contributed by atoms with Crippen molar-refractivity contribution in [3.05, 3.63) is 36.3 Å². The minimum absolute atomic E-state index is 0.245. The molecule has 0 saturated carbocycles. The summed E-state index contributed by atoms with van der Waals surface area (Å²) in [5.41, 5.74) is 6.47. The van der Waals surface area contributed by atoms with Gasteiger partial charge < -0.3 is 10.6 Å². The summed E-state index contributed by atoms with van der Waals surface area (Å²) in [6, 6.07) is 6.24. The number of nitrogens with zero attached hydrogens (tertiary/aromatic N) is 2. The van der Waals surface area contributed by atoms with E-state index >= 15 is 0 Å². The summed E-state index contributed by atoms with van der Waals surface area (Å²) >= 11 is 1.39. The molecule has 0 aliphatic rings. The van der Waals surface area contributed by atoms with Crippen molar-refractivity contribution < 1.29 is 4.39 Å². The molecule has 15 heavy (non-hydrogen) atoms. The Morgan fingerprint density at radius 3 is 2.53 bits per heavy atom. The van der Waals surface area contributed by atoms with Gasteiger partial charge in [-0.05, 0) is 24.3 Å². The zero-order chi connectivity index (χ0) is 10.8. The molecule has 0 fully saturated rings. The Balaban J connectivity index is 2.28. The van der Waals surface area contributed by atoms with E-state index in [-0.39, 0.29) is 5.82 Å². The zero-order valence-corrected chi connectivity index (χ0v) is 8.96. The first kappa shape index (κ1) is 9.92. The smallest absolute Gasteiger partial charge is 0.191 e. The maximum absolute atomic E-state index is 12.7. The molecule has 2 N–H and O–H groups in total. The summed E-state index contributed by atoms with van der Waals surface area (Å²) in [5, 5.41) is 1.46. The van der Waals surface area contributed by atoms with Gasteiger partial charge in [0.05, 0.1) is 6.20 Å². The molecule has 1 heterocycles. The molecule has 0 aliphatic heterocycles. The van der Waals surface area contributed by atoms with Crippen molar-refractivity contribution in [2.24, 2.45) is 0 Å². The summed E-state index contributed by atoms with van der Waals surface area (Å²) in [6.45, 7) is 0. The number of nitrogen functional groups attached to an aromatic ring is 1. The lowest BCUT2D eigenvalue weighted by atomic mass is 10.3. The van der Waals surface area contributed by atoms with Crippen LogP contribution in [0.25, 0.3) is 0 Å². The van der Waals surface area contributed by atoms with Gasteiger partial charge in [0.2, 0.25) is 0 Å². The van der Waals surface area contributed by atoms with E-state index < -0.39 is 0 Å². The summed E-state index contributed by atoms with van der Waals surface area (Å²) in [6.07, 6.45) is 1.61. The van der Waals surface area contributed by atoms with Crippen LogP contribution in [0.4, 0.5) is 20.2 Å². The number of hydrogen-bond donors (Lipinski definition) is 1. The second-order valence-electron chi connectivity index (χ2n) is 3.08. The number of benzene rings is 1. The average Bonchev–Trinajstić information content (AvgIpc) is 2.65. The van der Waals surface area contributed by atoms with E-state index in [2.05, 4.69) is 4.98 Å². The van der Waals surface area contributed by atoms with Crippen molar-refractivity contribution in [1.82, 2.24) is 4.98 Å². The lowest BCUT2D eigenvalue weighted by Gasteiger charge is -2.15. The third-order valence-corrected chi connectivity index (χ3v) is 2.92. The SMILES string of the molecule is CN(c1ccc(F)cc1)c1ncc(N)s1. The van der Waals surface area contributed by atoms with Gasteiger partial charge in [-0.2, -0.15) is 0 Å². The Morgan fingerprint density at radius 2 is 2.00 bits per heavy atom. The molecule has 2 aromatic rings. The van der Waals surface area contributed by atoms with Gasteiger partial charge in [-0.1, -0.05) is 11.3 Å². The van der Waals surface area contributed by atoms with Gasteiger partial charge in [0.1, 0.15) is 10.8 Å². The van der Waals surface area contributed by atoms with Gasteiger partial charge in [0.25, 0.3) is 0 Å². The fourth-order valence-corrected chi connectivity index (χ4v) is 1.87. The molecule has 0 saturated heterocycles. The highest BCUT2D eigenvalue weighted by Gasteiger charge is 2.07. The van der Waals surface area contributed by atoms with E-state index in [1.165, 1.54) is 23.5 Å². The van der Waals surface area contributed by atoms with Crippen LogP contribution in [0.15, 0.2) is 30.5 Å². The Morgan fingerprint density at radius 1 is 1.33 bits per heavy atom. The predicted octanol–water partition coefficient (Wildman–Crippen LogP) is 2.63. The van der Waals surface area contributed by atoms with Crippen molar-refractivity contribution in [3.8, 4) is 0 Å². The largest absolute Gasteiger partial charge is 0.389 e. The molecule has 5 heteroatoms. The fraction of sp³-hybridized carbons (Fsp3) is 0.100. The van der Waals surface area contributed by atoms with Crippen molar-refractivity contribution in [3.63, 3.8) is 0 Å². The zero-order valence-electron chi connectivity index (χ0n) is 8.14. The maximum Gasteiger partial charge on any atom is 0.191 e. The number of rotatable bonds is 2. The molecule has 0 aliphatic carbocycles. The highest BCUT2D eigenvalue weighted by atomic mass is 32.1. The predicted molar refractivity (Wildman–Crippen MR) is 61.0 cm³/mol.